The summed E-state index contributed by atoms with van der Waals surface area (Å²) >= 11 is 0. The number of nitrogens with zero attached hydrogens (tertiary/aromatic N) is 2. The second kappa shape index (κ2) is 4.76. The van der Waals surface area contributed by atoms with Gasteiger partial charge in [0.05, 0.1) is 5.71 Å². The molecule has 120 valence electrons. The lowest BCUT2D eigenvalue weighted by Crippen LogP contribution is -2.59. The molecule has 2 bridgehead atoms. The molecule has 3 fully saturated rings. The van der Waals surface area contributed by atoms with Crippen molar-refractivity contribution >= 4 is 11.6 Å². The number of amides is 1. The Morgan fingerprint density at radius 2 is 2.17 bits per heavy atom. The van der Waals surface area contributed by atoms with Gasteiger partial charge >= 0.3 is 0 Å². The maximum absolute atomic E-state index is 11.7. The lowest BCUT2D eigenvalue weighted by molar-refractivity contribution is -0.113. The highest BCUT2D eigenvalue weighted by atomic mass is 16.1. The summed E-state index contributed by atoms with van der Waals surface area (Å²) in [6.07, 6.45) is 16.3. The van der Waals surface area contributed by atoms with Crippen LogP contribution in [-0.2, 0) is 4.79 Å². The number of carbonyl (C=O) groups is 1. The quantitative estimate of drug-likeness (QED) is 0.688. The van der Waals surface area contributed by atoms with Crippen molar-refractivity contribution in [1.29, 1.82) is 0 Å². The number of hydrogen-bond donors (Lipinski definition) is 0. The number of hydrogen-bond acceptors (Lipinski definition) is 2. The van der Waals surface area contributed by atoms with Crippen molar-refractivity contribution in [2.75, 3.05) is 13.6 Å². The molecule has 2 heterocycles. The Morgan fingerprint density at radius 3 is 3.09 bits per heavy atom. The molecule has 3 aliphatic carbocycles. The molecule has 1 amide bonds. The summed E-state index contributed by atoms with van der Waals surface area (Å²) in [5.74, 6) is 1.24. The largest absolute Gasteiger partial charge is 0.303 e. The molecule has 5 aliphatic rings. The van der Waals surface area contributed by atoms with Crippen LogP contribution in [0.5, 0.6) is 0 Å². The highest BCUT2D eigenvalue weighted by molar-refractivity contribution is 6.19. The smallest absolute Gasteiger partial charge is 0.270 e. The summed E-state index contributed by atoms with van der Waals surface area (Å²) in [5.41, 5.74) is 4.06. The van der Waals surface area contributed by atoms with Crippen LogP contribution in [0.25, 0.3) is 0 Å². The molecule has 0 spiro atoms. The lowest BCUT2D eigenvalue weighted by Gasteiger charge is -2.61. The molecule has 5 rings (SSSR count). The van der Waals surface area contributed by atoms with Crippen LogP contribution in [0.2, 0.25) is 0 Å². The minimum Gasteiger partial charge on any atom is -0.303 e. The summed E-state index contributed by atoms with van der Waals surface area (Å²) in [6.45, 7) is 1.22. The van der Waals surface area contributed by atoms with E-state index in [1.54, 1.807) is 11.6 Å². The molecule has 2 aliphatic heterocycles. The van der Waals surface area contributed by atoms with Gasteiger partial charge in [-0.3, -0.25) is 4.79 Å². The predicted molar refractivity (Wildman–Crippen MR) is 91.3 cm³/mol. The number of aliphatic imine (C=N–C) groups is 1. The van der Waals surface area contributed by atoms with Gasteiger partial charge in [-0.15, -0.1) is 0 Å². The van der Waals surface area contributed by atoms with Crippen LogP contribution in [0.3, 0.4) is 0 Å². The van der Waals surface area contributed by atoms with E-state index in [-0.39, 0.29) is 5.91 Å². The minimum absolute atomic E-state index is 0.109. The van der Waals surface area contributed by atoms with Gasteiger partial charge in [0.25, 0.3) is 5.91 Å². The van der Waals surface area contributed by atoms with E-state index in [0.717, 1.165) is 23.2 Å². The molecule has 1 saturated heterocycles. The van der Waals surface area contributed by atoms with Crippen LogP contribution in [-0.4, -0.2) is 36.2 Å². The number of fused-ring (bicyclic) bond motifs is 2. The van der Waals surface area contributed by atoms with Crippen LogP contribution in [0, 0.1) is 17.3 Å². The van der Waals surface area contributed by atoms with E-state index in [4.69, 9.17) is 0 Å². The van der Waals surface area contributed by atoms with E-state index < -0.39 is 0 Å². The fraction of sp³-hybridized carbons (Fsp3) is 0.600. The Hall–Kier alpha value is -1.48. The molecule has 1 unspecified atom stereocenters. The minimum atomic E-state index is -0.109. The van der Waals surface area contributed by atoms with Gasteiger partial charge in [0.1, 0.15) is 0 Å². The van der Waals surface area contributed by atoms with Crippen molar-refractivity contribution in [3.8, 4) is 0 Å². The summed E-state index contributed by atoms with van der Waals surface area (Å²) in [4.78, 5) is 18.6. The molecule has 2 saturated carbocycles. The van der Waals surface area contributed by atoms with Crippen molar-refractivity contribution in [3.63, 3.8) is 0 Å². The molecule has 0 N–H and O–H groups in total. The molecule has 23 heavy (non-hydrogen) atoms. The number of allylic oxidation sites excluding steroid dienone is 5. The molecular formula is C20H24N2O. The van der Waals surface area contributed by atoms with Crippen LogP contribution in [0.15, 0.2) is 40.4 Å². The normalized spacial score (nSPS) is 42.0. The Bertz CT molecular complexity index is 698. The van der Waals surface area contributed by atoms with Gasteiger partial charge < -0.3 is 4.90 Å². The third kappa shape index (κ3) is 1.86. The average Bonchev–Trinajstić information content (AvgIpc) is 2.57. The van der Waals surface area contributed by atoms with Crippen molar-refractivity contribution in [2.24, 2.45) is 22.2 Å². The van der Waals surface area contributed by atoms with E-state index in [0.29, 0.717) is 11.3 Å². The highest BCUT2D eigenvalue weighted by Gasteiger charge is 2.55. The van der Waals surface area contributed by atoms with Crippen molar-refractivity contribution < 1.29 is 4.79 Å². The van der Waals surface area contributed by atoms with Gasteiger partial charge in [-0.25, -0.2) is 4.99 Å². The van der Waals surface area contributed by atoms with Crippen LogP contribution in [0.1, 0.15) is 38.5 Å². The molecule has 0 aromatic heterocycles. The second-order valence-corrected chi connectivity index (χ2v) is 8.04. The maximum Gasteiger partial charge on any atom is 0.270 e. The first-order valence-electron chi connectivity index (χ1n) is 9.13. The zero-order chi connectivity index (χ0) is 15.6. The van der Waals surface area contributed by atoms with Crippen molar-refractivity contribution in [1.82, 2.24) is 4.90 Å². The fourth-order valence-electron chi connectivity index (χ4n) is 6.09. The number of carbonyl (C=O) groups excluding carboxylic acids is 1. The summed E-state index contributed by atoms with van der Waals surface area (Å²) in [7, 11) is 2.32. The Morgan fingerprint density at radius 1 is 1.26 bits per heavy atom. The number of dihydropyridines is 1. The van der Waals surface area contributed by atoms with Crippen LogP contribution < -0.4 is 0 Å². The summed E-state index contributed by atoms with van der Waals surface area (Å²) < 4.78 is 0. The van der Waals surface area contributed by atoms with Gasteiger partial charge in [0.15, 0.2) is 0 Å². The van der Waals surface area contributed by atoms with Gasteiger partial charge in [0.2, 0.25) is 0 Å². The SMILES string of the molecule is CN1CC[C@]23CCCC[C@H]2[C@H]1CC1C=C2C=CC(=O)N=C2C=C13. The Labute approximate surface area is 137 Å². The monoisotopic (exact) mass is 308 g/mol. The second-order valence-electron chi connectivity index (χ2n) is 8.04. The average molecular weight is 308 g/mol. The van der Waals surface area contributed by atoms with Gasteiger partial charge in [-0.1, -0.05) is 24.5 Å². The zero-order valence-corrected chi connectivity index (χ0v) is 13.8. The fourth-order valence-corrected chi connectivity index (χ4v) is 6.09. The molecular weight excluding hydrogens is 284 g/mol. The standard InChI is InChI=1S/C20H24N2O/c1-22-9-8-20-7-3-2-4-15(20)18(22)11-14-10-13-5-6-19(23)21-17(13)12-16(14)20/h5-6,10,12,14-15,18H,2-4,7-9,11H2,1H3/t14?,15-,18+,20+/m0/s1. The first kappa shape index (κ1) is 13.9. The van der Waals surface area contributed by atoms with E-state index in [1.165, 1.54) is 45.1 Å². The van der Waals surface area contributed by atoms with Crippen molar-refractivity contribution in [2.45, 2.75) is 44.6 Å². The van der Waals surface area contributed by atoms with Crippen molar-refractivity contribution in [3.05, 3.63) is 35.5 Å². The molecule has 3 nitrogen and oxygen atoms in total. The third-order valence-electron chi connectivity index (χ3n) is 7.11. The van der Waals surface area contributed by atoms with E-state index in [9.17, 15) is 4.79 Å². The molecule has 0 radical (unpaired) electrons. The third-order valence-corrected chi connectivity index (χ3v) is 7.11. The topological polar surface area (TPSA) is 32.7 Å². The van der Waals surface area contributed by atoms with Gasteiger partial charge in [-0.2, -0.15) is 0 Å². The Balaban J connectivity index is 1.64. The van der Waals surface area contributed by atoms with E-state index in [1.807, 2.05) is 6.08 Å². The van der Waals surface area contributed by atoms with E-state index in [2.05, 4.69) is 29.1 Å². The predicted octanol–water partition coefficient (Wildman–Crippen LogP) is 3.29. The van der Waals surface area contributed by atoms with E-state index >= 15 is 0 Å². The number of rotatable bonds is 0. The zero-order valence-electron chi connectivity index (χ0n) is 13.8. The number of likely N-dealkylation sites (tertiary alicyclic amines) is 1. The molecule has 0 aromatic carbocycles. The Kier molecular flexibility index (Phi) is 2.88. The molecule has 0 aromatic rings. The molecule has 4 atom stereocenters. The molecule has 3 heteroatoms. The first-order chi connectivity index (χ1) is 11.2. The first-order valence-corrected chi connectivity index (χ1v) is 9.13. The van der Waals surface area contributed by atoms with Crippen LogP contribution in [0.4, 0.5) is 0 Å². The van der Waals surface area contributed by atoms with Gasteiger partial charge in [-0.05, 0) is 68.3 Å². The number of piperidine rings is 1. The maximum atomic E-state index is 11.7. The summed E-state index contributed by atoms with van der Waals surface area (Å²) in [6, 6.07) is 0.732. The van der Waals surface area contributed by atoms with Gasteiger partial charge in [0, 0.05) is 18.0 Å². The lowest BCUT2D eigenvalue weighted by atomic mass is 9.49. The highest BCUT2D eigenvalue weighted by Crippen LogP contribution is 2.61. The van der Waals surface area contributed by atoms with Crippen LogP contribution >= 0.6 is 0 Å². The summed E-state index contributed by atoms with van der Waals surface area (Å²) in [5, 5.41) is 0.